The number of carbonyl (C=O) groups excluding carboxylic acids is 1. The Morgan fingerprint density at radius 2 is 1.88 bits per heavy atom. The zero-order chi connectivity index (χ0) is 18.1. The maximum absolute atomic E-state index is 12.8. The molecule has 0 saturated heterocycles. The summed E-state index contributed by atoms with van der Waals surface area (Å²) < 4.78 is 10.8. The fourth-order valence-electron chi connectivity index (χ4n) is 3.61. The molecular formula is C21H21NO3S. The van der Waals surface area contributed by atoms with E-state index in [1.165, 1.54) is 0 Å². The van der Waals surface area contributed by atoms with Crippen LogP contribution < -0.4 is 14.8 Å². The molecule has 0 unspecified atom stereocenters. The van der Waals surface area contributed by atoms with E-state index in [4.69, 9.17) is 9.47 Å². The van der Waals surface area contributed by atoms with Crippen molar-refractivity contribution in [3.8, 4) is 11.5 Å². The number of benzene rings is 2. The number of thioether (sulfide) groups is 1. The van der Waals surface area contributed by atoms with Gasteiger partial charge in [0.1, 0.15) is 5.78 Å². The molecule has 4 rings (SSSR count). The molecule has 1 N–H and O–H groups in total. The topological polar surface area (TPSA) is 47.6 Å². The zero-order valence-electron chi connectivity index (χ0n) is 14.8. The minimum atomic E-state index is -0.181. The lowest BCUT2D eigenvalue weighted by Gasteiger charge is -2.28. The summed E-state index contributed by atoms with van der Waals surface area (Å²) in [5, 5.41) is 3.50. The number of hydrogen-bond acceptors (Lipinski definition) is 5. The van der Waals surface area contributed by atoms with Crippen LogP contribution >= 0.6 is 11.8 Å². The second-order valence-corrected chi connectivity index (χ2v) is 7.60. The van der Waals surface area contributed by atoms with Crippen LogP contribution in [0, 0.1) is 5.92 Å². The molecule has 0 amide bonds. The van der Waals surface area contributed by atoms with Crippen LogP contribution in [-0.2, 0) is 4.79 Å². The number of hydrogen-bond donors (Lipinski definition) is 1. The molecule has 2 aromatic carbocycles. The molecule has 0 bridgehead atoms. The number of nitrogens with one attached hydrogen (secondary N) is 1. The van der Waals surface area contributed by atoms with Gasteiger partial charge in [0.25, 0.3) is 0 Å². The highest BCUT2D eigenvalue weighted by atomic mass is 32.2. The van der Waals surface area contributed by atoms with Crippen LogP contribution in [0.25, 0.3) is 0 Å². The fourth-order valence-corrected chi connectivity index (χ4v) is 5.00. The average molecular weight is 367 g/mol. The van der Waals surface area contributed by atoms with E-state index in [2.05, 4.69) is 23.5 Å². The predicted molar refractivity (Wildman–Crippen MR) is 104 cm³/mol. The van der Waals surface area contributed by atoms with Crippen molar-refractivity contribution in [2.24, 2.45) is 5.92 Å². The van der Waals surface area contributed by atoms with Gasteiger partial charge < -0.3 is 14.8 Å². The van der Waals surface area contributed by atoms with Crippen LogP contribution in [0.15, 0.2) is 59.1 Å². The molecule has 1 heterocycles. The Kier molecular flexibility index (Phi) is 4.64. The van der Waals surface area contributed by atoms with E-state index < -0.39 is 0 Å². The maximum Gasteiger partial charge on any atom is 0.161 e. The van der Waals surface area contributed by atoms with Gasteiger partial charge in [-0.15, -0.1) is 11.8 Å². The second-order valence-electron chi connectivity index (χ2n) is 6.42. The van der Waals surface area contributed by atoms with Crippen molar-refractivity contribution in [3.63, 3.8) is 0 Å². The molecule has 0 saturated carbocycles. The van der Waals surface area contributed by atoms with Gasteiger partial charge in [-0.05, 0) is 36.2 Å². The summed E-state index contributed by atoms with van der Waals surface area (Å²) in [6, 6.07) is 14.2. The van der Waals surface area contributed by atoms with Crippen LogP contribution in [0.3, 0.4) is 0 Å². The number of carbonyl (C=O) groups is 1. The van der Waals surface area contributed by atoms with E-state index >= 15 is 0 Å². The van der Waals surface area contributed by atoms with Crippen LogP contribution in [0.2, 0.25) is 0 Å². The maximum atomic E-state index is 12.8. The SMILES string of the molecule is COc1ccc([C@H]2Sc3ccccc3NC3=CCCC(=O)[C@H]32)cc1OC. The van der Waals surface area contributed by atoms with E-state index in [-0.39, 0.29) is 17.0 Å². The number of Topliss-reactive ketones (excluding diaryl/α,β-unsaturated/α-hetero) is 1. The highest BCUT2D eigenvalue weighted by Crippen LogP contribution is 2.51. The number of rotatable bonds is 3. The molecule has 0 fully saturated rings. The third kappa shape index (κ3) is 2.97. The van der Waals surface area contributed by atoms with Crippen molar-refractivity contribution < 1.29 is 14.3 Å². The molecule has 0 spiro atoms. The van der Waals surface area contributed by atoms with Crippen LogP contribution in [0.1, 0.15) is 23.7 Å². The third-order valence-corrected chi connectivity index (χ3v) is 6.30. The molecule has 0 radical (unpaired) electrons. The van der Waals surface area contributed by atoms with Gasteiger partial charge in [0.05, 0.1) is 25.8 Å². The number of anilines is 1. The van der Waals surface area contributed by atoms with Crippen molar-refractivity contribution in [3.05, 3.63) is 59.8 Å². The highest BCUT2D eigenvalue weighted by Gasteiger charge is 2.38. The summed E-state index contributed by atoms with van der Waals surface area (Å²) in [7, 11) is 3.26. The minimum absolute atomic E-state index is 0.00925. The fraction of sp³-hybridized carbons (Fsp3) is 0.286. The lowest BCUT2D eigenvalue weighted by molar-refractivity contribution is -0.122. The Hall–Kier alpha value is -2.40. The lowest BCUT2D eigenvalue weighted by atomic mass is 9.85. The van der Waals surface area contributed by atoms with Gasteiger partial charge in [0.2, 0.25) is 0 Å². The summed E-state index contributed by atoms with van der Waals surface area (Å²) in [5.74, 6) is 1.48. The molecule has 5 heteroatoms. The van der Waals surface area contributed by atoms with Gasteiger partial charge in [-0.2, -0.15) is 0 Å². The molecule has 1 aliphatic carbocycles. The monoisotopic (exact) mass is 367 g/mol. The number of methoxy groups -OCH3 is 2. The normalized spacial score (nSPS) is 21.6. The first-order valence-corrected chi connectivity index (χ1v) is 9.56. The number of ketones is 1. The van der Waals surface area contributed by atoms with Crippen molar-refractivity contribution in [1.29, 1.82) is 0 Å². The summed E-state index contributed by atoms with van der Waals surface area (Å²) in [6.07, 6.45) is 3.56. The van der Waals surface area contributed by atoms with E-state index in [1.54, 1.807) is 26.0 Å². The Morgan fingerprint density at radius 1 is 1.08 bits per heavy atom. The van der Waals surface area contributed by atoms with Crippen LogP contribution in [0.5, 0.6) is 11.5 Å². The minimum Gasteiger partial charge on any atom is -0.493 e. The summed E-state index contributed by atoms with van der Waals surface area (Å²) in [4.78, 5) is 14.0. The molecule has 2 atom stereocenters. The zero-order valence-corrected chi connectivity index (χ0v) is 15.6. The first-order chi connectivity index (χ1) is 12.7. The highest BCUT2D eigenvalue weighted by molar-refractivity contribution is 7.99. The van der Waals surface area contributed by atoms with Crippen molar-refractivity contribution in [1.82, 2.24) is 0 Å². The third-order valence-electron chi connectivity index (χ3n) is 4.90. The summed E-state index contributed by atoms with van der Waals surface area (Å²) >= 11 is 1.73. The Balaban J connectivity index is 1.83. The van der Waals surface area contributed by atoms with Gasteiger partial charge in [-0.1, -0.05) is 24.3 Å². The lowest BCUT2D eigenvalue weighted by Crippen LogP contribution is -2.27. The van der Waals surface area contributed by atoms with Gasteiger partial charge in [0.15, 0.2) is 11.5 Å². The molecule has 26 heavy (non-hydrogen) atoms. The molecule has 1 aliphatic heterocycles. The van der Waals surface area contributed by atoms with Gasteiger partial charge in [0, 0.05) is 22.3 Å². The first kappa shape index (κ1) is 17.0. The summed E-state index contributed by atoms with van der Waals surface area (Å²) in [6.45, 7) is 0. The average Bonchev–Trinajstić information content (AvgIpc) is 2.84. The number of para-hydroxylation sites is 1. The molecule has 2 aromatic rings. The van der Waals surface area contributed by atoms with Gasteiger partial charge in [-0.25, -0.2) is 0 Å². The first-order valence-electron chi connectivity index (χ1n) is 8.68. The second kappa shape index (κ2) is 7.08. The Morgan fingerprint density at radius 3 is 2.69 bits per heavy atom. The molecule has 2 aliphatic rings. The smallest absolute Gasteiger partial charge is 0.161 e. The van der Waals surface area contributed by atoms with Crippen molar-refractivity contribution in [2.45, 2.75) is 23.0 Å². The van der Waals surface area contributed by atoms with Crippen molar-refractivity contribution >= 4 is 23.2 Å². The van der Waals surface area contributed by atoms with E-state index in [0.29, 0.717) is 17.9 Å². The quantitative estimate of drug-likeness (QED) is 0.842. The number of allylic oxidation sites excluding steroid dienone is 2. The Bertz CT molecular complexity index is 877. The van der Waals surface area contributed by atoms with Crippen molar-refractivity contribution in [2.75, 3.05) is 19.5 Å². The standard InChI is InChI=1S/C21H21NO3S/c1-24-17-11-10-13(12-18(17)25-2)21-20-15(7-5-8-16(20)23)22-14-6-3-4-9-19(14)26-21/h3-4,6-7,9-12,20-22H,5,8H2,1-2H3/t20-,21+/m0/s1. The number of ether oxygens (including phenoxy) is 2. The summed E-state index contributed by atoms with van der Waals surface area (Å²) in [5.41, 5.74) is 3.14. The van der Waals surface area contributed by atoms with E-state index in [9.17, 15) is 4.79 Å². The molecule has 0 aromatic heterocycles. The van der Waals surface area contributed by atoms with Crippen LogP contribution in [-0.4, -0.2) is 20.0 Å². The molecular weight excluding hydrogens is 346 g/mol. The van der Waals surface area contributed by atoms with E-state index in [1.807, 2.05) is 30.3 Å². The Labute approximate surface area is 157 Å². The predicted octanol–water partition coefficient (Wildman–Crippen LogP) is 4.83. The number of fused-ring (bicyclic) bond motifs is 2. The largest absolute Gasteiger partial charge is 0.493 e. The molecule has 134 valence electrons. The van der Waals surface area contributed by atoms with Gasteiger partial charge >= 0.3 is 0 Å². The van der Waals surface area contributed by atoms with Gasteiger partial charge in [-0.3, -0.25) is 4.79 Å². The van der Waals surface area contributed by atoms with E-state index in [0.717, 1.165) is 28.3 Å². The van der Waals surface area contributed by atoms with Crippen LogP contribution in [0.4, 0.5) is 5.69 Å². The molecule has 4 nitrogen and oxygen atoms in total.